The molecule has 2 aliphatic heterocycles. The first kappa shape index (κ1) is 19.2. The Morgan fingerprint density at radius 3 is 2.77 bits per heavy atom. The molecule has 0 radical (unpaired) electrons. The van der Waals surface area contributed by atoms with Crippen LogP contribution < -0.4 is 20.1 Å². The summed E-state index contributed by atoms with van der Waals surface area (Å²) in [6.07, 6.45) is 5.21. The van der Waals surface area contributed by atoms with Crippen molar-refractivity contribution in [3.63, 3.8) is 0 Å². The third-order valence-corrected chi connectivity index (χ3v) is 6.25. The van der Waals surface area contributed by atoms with E-state index in [1.807, 2.05) is 17.8 Å². The summed E-state index contributed by atoms with van der Waals surface area (Å²) < 4.78 is 16.5. The van der Waals surface area contributed by atoms with Crippen molar-refractivity contribution >= 4 is 17.7 Å². The molecule has 7 heteroatoms. The molecule has 0 bridgehead atoms. The molecule has 3 rings (SSSR count). The van der Waals surface area contributed by atoms with E-state index < -0.39 is 0 Å². The largest absolute Gasteiger partial charge is 0.454 e. The Morgan fingerprint density at radius 2 is 2.00 bits per heavy atom. The molecule has 0 saturated carbocycles. The zero-order valence-electron chi connectivity index (χ0n) is 15.7. The van der Waals surface area contributed by atoms with Crippen molar-refractivity contribution < 1.29 is 14.2 Å². The number of guanidine groups is 1. The van der Waals surface area contributed by atoms with Crippen molar-refractivity contribution in [3.05, 3.63) is 23.8 Å². The summed E-state index contributed by atoms with van der Waals surface area (Å²) in [6, 6.07) is 6.12. The Kier molecular flexibility index (Phi) is 6.91. The van der Waals surface area contributed by atoms with Crippen molar-refractivity contribution in [2.24, 2.45) is 4.99 Å². The van der Waals surface area contributed by atoms with Gasteiger partial charge in [0.15, 0.2) is 17.5 Å². The summed E-state index contributed by atoms with van der Waals surface area (Å²) >= 11 is 1.92. The lowest BCUT2D eigenvalue weighted by atomic mass is 9.99. The van der Waals surface area contributed by atoms with E-state index >= 15 is 0 Å². The predicted molar refractivity (Wildman–Crippen MR) is 107 cm³/mol. The molecular formula is C19H29N3O3S. The van der Waals surface area contributed by atoms with Crippen molar-refractivity contribution in [2.75, 3.05) is 45.9 Å². The van der Waals surface area contributed by atoms with Gasteiger partial charge in [0.25, 0.3) is 0 Å². The lowest BCUT2D eigenvalue weighted by Crippen LogP contribution is -2.41. The number of hydrogen-bond donors (Lipinski definition) is 2. The summed E-state index contributed by atoms with van der Waals surface area (Å²) in [6.45, 7) is 6.57. The highest BCUT2D eigenvalue weighted by Gasteiger charge is 2.31. The van der Waals surface area contributed by atoms with Crippen LogP contribution in [-0.4, -0.2) is 56.6 Å². The minimum absolute atomic E-state index is 0.206. The van der Waals surface area contributed by atoms with Gasteiger partial charge >= 0.3 is 0 Å². The van der Waals surface area contributed by atoms with Gasteiger partial charge in [-0.1, -0.05) is 6.07 Å². The smallest absolute Gasteiger partial charge is 0.231 e. The maximum Gasteiger partial charge on any atom is 0.231 e. The molecule has 2 heterocycles. The molecule has 2 aliphatic rings. The molecule has 6 nitrogen and oxygen atoms in total. The van der Waals surface area contributed by atoms with Gasteiger partial charge in [-0.2, -0.15) is 11.8 Å². The maximum absolute atomic E-state index is 5.51. The van der Waals surface area contributed by atoms with Gasteiger partial charge in [0.2, 0.25) is 6.79 Å². The van der Waals surface area contributed by atoms with E-state index in [1.54, 1.807) is 0 Å². The second-order valence-electron chi connectivity index (χ2n) is 6.56. The molecule has 2 N–H and O–H groups in total. The van der Waals surface area contributed by atoms with E-state index in [0.717, 1.165) is 69.6 Å². The third kappa shape index (κ3) is 4.98. The predicted octanol–water partition coefficient (Wildman–Crippen LogP) is 2.43. The first-order chi connectivity index (χ1) is 12.7. The number of ether oxygens (including phenoxy) is 3. The zero-order chi connectivity index (χ0) is 18.2. The number of benzene rings is 1. The maximum atomic E-state index is 5.51. The van der Waals surface area contributed by atoms with E-state index in [9.17, 15) is 0 Å². The van der Waals surface area contributed by atoms with Crippen LogP contribution in [0.15, 0.2) is 23.2 Å². The molecule has 1 aromatic rings. The minimum Gasteiger partial charge on any atom is -0.454 e. The van der Waals surface area contributed by atoms with E-state index in [0.29, 0.717) is 6.79 Å². The Morgan fingerprint density at radius 1 is 1.19 bits per heavy atom. The van der Waals surface area contributed by atoms with Gasteiger partial charge in [-0.3, -0.25) is 4.99 Å². The average Bonchev–Trinajstić information content (AvgIpc) is 3.15. The Bertz CT molecular complexity index is 618. The molecule has 0 amide bonds. The molecule has 1 fully saturated rings. The van der Waals surface area contributed by atoms with E-state index in [4.69, 9.17) is 19.2 Å². The molecule has 0 aromatic heterocycles. The van der Waals surface area contributed by atoms with Gasteiger partial charge in [-0.05, 0) is 50.1 Å². The van der Waals surface area contributed by atoms with Crippen LogP contribution in [0.4, 0.5) is 0 Å². The second-order valence-corrected chi connectivity index (χ2v) is 7.83. The number of aliphatic imine (C=N–C) groups is 1. The summed E-state index contributed by atoms with van der Waals surface area (Å²) in [5.74, 6) is 2.55. The topological polar surface area (TPSA) is 64.1 Å². The number of fused-ring (bicyclic) bond motifs is 1. The van der Waals surface area contributed by atoms with Crippen LogP contribution in [0.3, 0.4) is 0 Å². The quantitative estimate of drug-likeness (QED) is 0.560. The van der Waals surface area contributed by atoms with Crippen molar-refractivity contribution in [3.8, 4) is 11.5 Å². The molecule has 144 valence electrons. The summed E-state index contributed by atoms with van der Waals surface area (Å²) in [7, 11) is 0. The van der Waals surface area contributed by atoms with Crippen molar-refractivity contribution in [2.45, 2.75) is 30.9 Å². The molecular weight excluding hydrogens is 350 g/mol. The van der Waals surface area contributed by atoms with E-state index in [1.165, 1.54) is 5.56 Å². The van der Waals surface area contributed by atoms with Crippen LogP contribution in [-0.2, 0) is 11.2 Å². The van der Waals surface area contributed by atoms with Gasteiger partial charge in [-0.15, -0.1) is 0 Å². The fraction of sp³-hybridized carbons (Fsp3) is 0.632. The Hall–Kier alpha value is -1.60. The fourth-order valence-electron chi connectivity index (χ4n) is 3.16. The average molecular weight is 380 g/mol. The molecule has 1 saturated heterocycles. The zero-order valence-corrected chi connectivity index (χ0v) is 16.5. The third-order valence-electron chi connectivity index (χ3n) is 4.85. The SMILES string of the molecule is CCNC(=NCC1(SC)CCOCC1)NCCc1ccc2c(c1)OCO2. The highest BCUT2D eigenvalue weighted by Crippen LogP contribution is 2.34. The molecule has 0 atom stereocenters. The van der Waals surface area contributed by atoms with Crippen LogP contribution in [0, 0.1) is 0 Å². The van der Waals surface area contributed by atoms with Crippen molar-refractivity contribution in [1.29, 1.82) is 0 Å². The number of nitrogens with zero attached hydrogens (tertiary/aromatic N) is 1. The highest BCUT2D eigenvalue weighted by atomic mass is 32.2. The van der Waals surface area contributed by atoms with E-state index in [2.05, 4.69) is 35.9 Å². The Balaban J connectivity index is 1.52. The normalized spacial score (nSPS) is 18.6. The van der Waals surface area contributed by atoms with Gasteiger partial charge in [-0.25, -0.2) is 0 Å². The minimum atomic E-state index is 0.206. The number of nitrogens with one attached hydrogen (secondary N) is 2. The molecule has 1 aromatic carbocycles. The fourth-order valence-corrected chi connectivity index (χ4v) is 3.93. The monoisotopic (exact) mass is 379 g/mol. The van der Waals surface area contributed by atoms with Crippen molar-refractivity contribution in [1.82, 2.24) is 10.6 Å². The lowest BCUT2D eigenvalue weighted by molar-refractivity contribution is 0.0794. The van der Waals surface area contributed by atoms with Gasteiger partial charge < -0.3 is 24.8 Å². The second kappa shape index (κ2) is 9.37. The molecule has 0 spiro atoms. The summed E-state index contributed by atoms with van der Waals surface area (Å²) in [4.78, 5) is 4.84. The number of hydrogen-bond acceptors (Lipinski definition) is 5. The molecule has 0 aliphatic carbocycles. The number of rotatable bonds is 7. The van der Waals surface area contributed by atoms with Crippen LogP contribution in [0.2, 0.25) is 0 Å². The molecule has 0 unspecified atom stereocenters. The van der Waals surface area contributed by atoms with Gasteiger partial charge in [0.1, 0.15) is 0 Å². The Labute approximate surface area is 160 Å². The lowest BCUT2D eigenvalue weighted by Gasteiger charge is -2.34. The van der Waals surface area contributed by atoms with Crippen LogP contribution in [0.1, 0.15) is 25.3 Å². The first-order valence-corrected chi connectivity index (χ1v) is 10.5. The van der Waals surface area contributed by atoms with Gasteiger partial charge in [0, 0.05) is 31.1 Å². The van der Waals surface area contributed by atoms with E-state index in [-0.39, 0.29) is 4.75 Å². The van der Waals surface area contributed by atoms with Crippen LogP contribution >= 0.6 is 11.8 Å². The summed E-state index contributed by atoms with van der Waals surface area (Å²) in [5.41, 5.74) is 1.22. The first-order valence-electron chi connectivity index (χ1n) is 9.28. The highest BCUT2D eigenvalue weighted by molar-refractivity contribution is 8.00. The van der Waals surface area contributed by atoms with Crippen LogP contribution in [0.5, 0.6) is 11.5 Å². The van der Waals surface area contributed by atoms with Crippen LogP contribution in [0.25, 0.3) is 0 Å². The summed E-state index contributed by atoms with van der Waals surface area (Å²) in [5, 5.41) is 6.79. The standard InChI is InChI=1S/C19H29N3O3S/c1-3-20-18(22-13-19(26-2)7-10-23-11-8-19)21-9-6-15-4-5-16-17(12-15)25-14-24-16/h4-5,12H,3,6-11,13-14H2,1-2H3,(H2,20,21,22). The number of thioether (sulfide) groups is 1. The van der Waals surface area contributed by atoms with Gasteiger partial charge in [0.05, 0.1) is 6.54 Å². The molecule has 26 heavy (non-hydrogen) atoms.